The van der Waals surface area contributed by atoms with Crippen LogP contribution in [0.5, 0.6) is 0 Å². The van der Waals surface area contributed by atoms with E-state index in [2.05, 4.69) is 34.2 Å². The van der Waals surface area contributed by atoms with Crippen LogP contribution >= 0.6 is 0 Å². The summed E-state index contributed by atoms with van der Waals surface area (Å²) in [4.78, 5) is 8.69. The van der Waals surface area contributed by atoms with Gasteiger partial charge in [0.05, 0.1) is 11.4 Å². The molecule has 0 aliphatic carbocycles. The van der Waals surface area contributed by atoms with Gasteiger partial charge in [-0.05, 0) is 18.9 Å². The largest absolute Gasteiger partial charge is 0.373 e. The van der Waals surface area contributed by atoms with Crippen LogP contribution in [0.25, 0.3) is 11.4 Å². The Morgan fingerprint density at radius 1 is 1.28 bits per heavy atom. The number of hydrogen-bond acceptors (Lipinski definition) is 4. The highest BCUT2D eigenvalue weighted by atomic mass is 15.3. The summed E-state index contributed by atoms with van der Waals surface area (Å²) in [5.41, 5.74) is 3.17. The highest BCUT2D eigenvalue weighted by Crippen LogP contribution is 2.25. The molecule has 2 aromatic rings. The fraction of sp³-hybridized carbons (Fsp3) is 0.462. The van der Waals surface area contributed by atoms with Gasteiger partial charge in [-0.3, -0.25) is 4.68 Å². The van der Waals surface area contributed by atoms with E-state index in [0.29, 0.717) is 0 Å². The molecule has 0 saturated carbocycles. The van der Waals surface area contributed by atoms with E-state index in [1.165, 1.54) is 0 Å². The summed E-state index contributed by atoms with van der Waals surface area (Å²) < 4.78 is 2.00. The average Bonchev–Trinajstić information content (AvgIpc) is 2.86. The van der Waals surface area contributed by atoms with Crippen LogP contribution in [0.3, 0.4) is 0 Å². The first-order chi connectivity index (χ1) is 8.81. The van der Waals surface area contributed by atoms with Gasteiger partial charge in [0.25, 0.3) is 0 Å². The van der Waals surface area contributed by atoms with Gasteiger partial charge in [0.1, 0.15) is 12.1 Å². The lowest BCUT2D eigenvalue weighted by atomic mass is 10.1. The zero-order valence-electron chi connectivity index (χ0n) is 11.1. The zero-order chi connectivity index (χ0) is 13.0. The van der Waals surface area contributed by atoms with Crippen molar-refractivity contribution in [2.45, 2.75) is 33.2 Å². The summed E-state index contributed by atoms with van der Waals surface area (Å²) >= 11 is 0. The molecule has 0 atom stereocenters. The van der Waals surface area contributed by atoms with Crippen LogP contribution in [0, 0.1) is 0 Å². The minimum Gasteiger partial charge on any atom is -0.373 e. The number of nitrogens with zero attached hydrogens (tertiary/aromatic N) is 4. The van der Waals surface area contributed by atoms with E-state index < -0.39 is 0 Å². The van der Waals surface area contributed by atoms with Crippen molar-refractivity contribution < 1.29 is 0 Å². The molecule has 18 heavy (non-hydrogen) atoms. The van der Waals surface area contributed by atoms with E-state index in [4.69, 9.17) is 0 Å². The standard InChI is InChI=1S/C13H19N5/c1-4-8-18-11(6-7-17-18)12-10(5-2)13(14-3)16-9-15-12/h6-7,9H,4-5,8H2,1-3H3,(H,14,15,16). The van der Waals surface area contributed by atoms with Gasteiger partial charge in [-0.1, -0.05) is 13.8 Å². The second-order valence-electron chi connectivity index (χ2n) is 4.09. The first kappa shape index (κ1) is 12.5. The first-order valence-corrected chi connectivity index (χ1v) is 6.35. The van der Waals surface area contributed by atoms with Crippen LogP contribution in [0.4, 0.5) is 5.82 Å². The number of aromatic nitrogens is 4. The van der Waals surface area contributed by atoms with Crippen molar-refractivity contribution in [2.24, 2.45) is 0 Å². The van der Waals surface area contributed by atoms with Crippen LogP contribution in [-0.2, 0) is 13.0 Å². The van der Waals surface area contributed by atoms with E-state index in [1.807, 2.05) is 24.0 Å². The Labute approximate surface area is 107 Å². The molecule has 0 radical (unpaired) electrons. The Balaban J connectivity index is 2.52. The quantitative estimate of drug-likeness (QED) is 0.878. The van der Waals surface area contributed by atoms with E-state index in [9.17, 15) is 0 Å². The highest BCUT2D eigenvalue weighted by Gasteiger charge is 2.14. The summed E-state index contributed by atoms with van der Waals surface area (Å²) in [6.45, 7) is 5.17. The van der Waals surface area contributed by atoms with Crippen molar-refractivity contribution in [3.63, 3.8) is 0 Å². The second kappa shape index (κ2) is 5.62. The lowest BCUT2D eigenvalue weighted by molar-refractivity contribution is 0.607. The number of hydrogen-bond donors (Lipinski definition) is 1. The van der Waals surface area contributed by atoms with Crippen LogP contribution < -0.4 is 5.32 Å². The fourth-order valence-corrected chi connectivity index (χ4v) is 2.11. The molecule has 0 unspecified atom stereocenters. The molecule has 96 valence electrons. The van der Waals surface area contributed by atoms with Gasteiger partial charge >= 0.3 is 0 Å². The minimum atomic E-state index is 0.893. The number of aryl methyl sites for hydroxylation is 1. The third-order valence-electron chi connectivity index (χ3n) is 2.93. The third-order valence-corrected chi connectivity index (χ3v) is 2.93. The second-order valence-corrected chi connectivity index (χ2v) is 4.09. The van der Waals surface area contributed by atoms with Gasteiger partial charge in [-0.15, -0.1) is 0 Å². The lowest BCUT2D eigenvalue weighted by Crippen LogP contribution is -2.06. The summed E-state index contributed by atoms with van der Waals surface area (Å²) in [6.07, 6.45) is 5.37. The first-order valence-electron chi connectivity index (χ1n) is 6.35. The number of rotatable bonds is 5. The lowest BCUT2D eigenvalue weighted by Gasteiger charge is -2.12. The van der Waals surface area contributed by atoms with Crippen LogP contribution in [0.1, 0.15) is 25.8 Å². The molecule has 0 bridgehead atoms. The molecule has 1 N–H and O–H groups in total. The molecule has 0 saturated heterocycles. The number of nitrogens with one attached hydrogen (secondary N) is 1. The molecule has 0 aliphatic rings. The van der Waals surface area contributed by atoms with Crippen molar-refractivity contribution in [3.05, 3.63) is 24.2 Å². The Morgan fingerprint density at radius 3 is 2.78 bits per heavy atom. The molecule has 0 aromatic carbocycles. The predicted octanol–water partition coefficient (Wildman–Crippen LogP) is 2.35. The van der Waals surface area contributed by atoms with Gasteiger partial charge < -0.3 is 5.32 Å². The SMILES string of the molecule is CCCn1nccc1-c1ncnc(NC)c1CC. The summed E-state index contributed by atoms with van der Waals surface area (Å²) in [7, 11) is 1.88. The number of anilines is 1. The van der Waals surface area contributed by atoms with Gasteiger partial charge in [0.15, 0.2) is 0 Å². The van der Waals surface area contributed by atoms with Crippen LogP contribution in [0.2, 0.25) is 0 Å². The van der Waals surface area contributed by atoms with Gasteiger partial charge in [-0.25, -0.2) is 9.97 Å². The monoisotopic (exact) mass is 245 g/mol. The molecule has 0 aliphatic heterocycles. The highest BCUT2D eigenvalue weighted by molar-refractivity contribution is 5.65. The smallest absolute Gasteiger partial charge is 0.132 e. The molecule has 0 spiro atoms. The zero-order valence-corrected chi connectivity index (χ0v) is 11.1. The molecule has 2 heterocycles. The van der Waals surface area contributed by atoms with E-state index >= 15 is 0 Å². The normalized spacial score (nSPS) is 10.6. The molecular weight excluding hydrogens is 226 g/mol. The van der Waals surface area contributed by atoms with E-state index in [0.717, 1.165) is 42.2 Å². The molecule has 5 nitrogen and oxygen atoms in total. The van der Waals surface area contributed by atoms with Crippen molar-refractivity contribution in [3.8, 4) is 11.4 Å². The van der Waals surface area contributed by atoms with E-state index in [1.54, 1.807) is 6.33 Å². The van der Waals surface area contributed by atoms with Gasteiger partial charge in [-0.2, -0.15) is 5.10 Å². The summed E-state index contributed by atoms with van der Waals surface area (Å²) in [5, 5.41) is 7.47. The third kappa shape index (κ3) is 2.20. The Hall–Kier alpha value is -1.91. The fourth-order valence-electron chi connectivity index (χ4n) is 2.11. The Morgan fingerprint density at radius 2 is 2.11 bits per heavy atom. The average molecular weight is 245 g/mol. The maximum atomic E-state index is 4.43. The maximum Gasteiger partial charge on any atom is 0.132 e. The van der Waals surface area contributed by atoms with Gasteiger partial charge in [0, 0.05) is 25.4 Å². The summed E-state index contributed by atoms with van der Waals surface area (Å²) in [6, 6.07) is 2.01. The van der Waals surface area contributed by atoms with Crippen LogP contribution in [0.15, 0.2) is 18.6 Å². The molecule has 0 amide bonds. The van der Waals surface area contributed by atoms with E-state index in [-0.39, 0.29) is 0 Å². The predicted molar refractivity (Wildman–Crippen MR) is 72.5 cm³/mol. The van der Waals surface area contributed by atoms with Crippen molar-refractivity contribution in [2.75, 3.05) is 12.4 Å². The molecule has 2 rings (SSSR count). The molecule has 0 fully saturated rings. The maximum absolute atomic E-state index is 4.43. The molecule has 5 heteroatoms. The minimum absolute atomic E-state index is 0.893. The molecule has 2 aromatic heterocycles. The topological polar surface area (TPSA) is 55.6 Å². The molecular formula is C13H19N5. The van der Waals surface area contributed by atoms with Crippen molar-refractivity contribution >= 4 is 5.82 Å². The van der Waals surface area contributed by atoms with Crippen molar-refractivity contribution in [1.29, 1.82) is 0 Å². The van der Waals surface area contributed by atoms with Crippen molar-refractivity contribution in [1.82, 2.24) is 19.7 Å². The summed E-state index contributed by atoms with van der Waals surface area (Å²) in [5.74, 6) is 0.895. The Bertz CT molecular complexity index is 518. The van der Waals surface area contributed by atoms with Gasteiger partial charge in [0.2, 0.25) is 0 Å². The Kier molecular flexibility index (Phi) is 3.92. The van der Waals surface area contributed by atoms with Crippen LogP contribution in [-0.4, -0.2) is 26.8 Å².